The Kier molecular flexibility index (Phi) is 3.55. The normalized spacial score (nSPS) is 11.1. The van der Waals surface area contributed by atoms with Gasteiger partial charge in [0.2, 0.25) is 0 Å². The van der Waals surface area contributed by atoms with Crippen molar-refractivity contribution in [2.24, 2.45) is 11.5 Å². The van der Waals surface area contributed by atoms with Crippen LogP contribution in [0.3, 0.4) is 0 Å². The molecule has 0 aliphatic carbocycles. The molecule has 4 N–H and O–H groups in total. The smallest absolute Gasteiger partial charge is 0.158 e. The summed E-state index contributed by atoms with van der Waals surface area (Å²) in [6, 6.07) is 14.5. The zero-order valence-electron chi connectivity index (χ0n) is 10.2. The summed E-state index contributed by atoms with van der Waals surface area (Å²) < 4.78 is 0. The second-order valence-electron chi connectivity index (χ2n) is 4.30. The van der Waals surface area contributed by atoms with Gasteiger partial charge < -0.3 is 11.5 Å². The van der Waals surface area contributed by atoms with Crippen LogP contribution in [0.5, 0.6) is 0 Å². The van der Waals surface area contributed by atoms with Crippen molar-refractivity contribution in [2.45, 2.75) is 5.66 Å². The molecule has 0 atom stereocenters. The molecule has 0 aliphatic rings. The third-order valence-corrected chi connectivity index (χ3v) is 2.97. The van der Waals surface area contributed by atoms with Crippen molar-refractivity contribution in [3.05, 3.63) is 59.7 Å². The first-order valence-corrected chi connectivity index (χ1v) is 5.78. The van der Waals surface area contributed by atoms with Crippen molar-refractivity contribution in [1.29, 1.82) is 0 Å². The molecule has 0 radical (unpaired) electrons. The molecule has 4 nitrogen and oxygen atoms in total. The molecule has 0 heterocycles. The Morgan fingerprint density at radius 3 is 2.16 bits per heavy atom. The van der Waals surface area contributed by atoms with Crippen LogP contribution in [0.4, 0.5) is 0 Å². The number of hydrogen-bond acceptors (Lipinski definition) is 4. The average Bonchev–Trinajstić information content (AvgIpc) is 2.47. The Hall–Kier alpha value is -2.30. The Morgan fingerprint density at radius 1 is 0.895 bits per heavy atom. The minimum Gasteiger partial charge on any atom is -0.304 e. The molecule has 96 valence electrons. The van der Waals surface area contributed by atoms with E-state index in [1.807, 2.05) is 30.3 Å². The standard InChI is InChI=1S/C15H14N2O2/c16-15(17,10-19)14-8-4-7-12(13(14)9-18)11-5-2-1-3-6-11/h1-10H,16-17H2. The summed E-state index contributed by atoms with van der Waals surface area (Å²) in [7, 11) is 0. The Morgan fingerprint density at radius 2 is 1.58 bits per heavy atom. The maximum absolute atomic E-state index is 11.4. The van der Waals surface area contributed by atoms with Gasteiger partial charge >= 0.3 is 0 Å². The van der Waals surface area contributed by atoms with E-state index >= 15 is 0 Å². The summed E-state index contributed by atoms with van der Waals surface area (Å²) in [5.74, 6) is 0. The Labute approximate surface area is 111 Å². The van der Waals surface area contributed by atoms with Crippen molar-refractivity contribution in [1.82, 2.24) is 0 Å². The van der Waals surface area contributed by atoms with Crippen LogP contribution in [0.2, 0.25) is 0 Å². The molecule has 2 aromatic rings. The van der Waals surface area contributed by atoms with E-state index < -0.39 is 5.66 Å². The minimum atomic E-state index is -1.67. The molecule has 0 unspecified atom stereocenters. The first kappa shape index (κ1) is 13.1. The molecule has 2 aromatic carbocycles. The van der Waals surface area contributed by atoms with Crippen LogP contribution in [-0.2, 0) is 10.5 Å². The second kappa shape index (κ2) is 5.14. The van der Waals surface area contributed by atoms with Gasteiger partial charge in [-0.1, -0.05) is 48.5 Å². The van der Waals surface area contributed by atoms with Crippen molar-refractivity contribution < 1.29 is 9.59 Å². The zero-order chi connectivity index (χ0) is 13.9. The molecule has 0 aromatic heterocycles. The van der Waals surface area contributed by atoms with E-state index in [1.54, 1.807) is 18.2 Å². The maximum Gasteiger partial charge on any atom is 0.158 e. The van der Waals surface area contributed by atoms with Crippen LogP contribution in [0.25, 0.3) is 11.1 Å². The van der Waals surface area contributed by atoms with Crippen LogP contribution in [0.1, 0.15) is 15.9 Å². The van der Waals surface area contributed by atoms with E-state index in [4.69, 9.17) is 11.5 Å². The highest BCUT2D eigenvalue weighted by Gasteiger charge is 2.25. The lowest BCUT2D eigenvalue weighted by molar-refractivity contribution is -0.112. The van der Waals surface area contributed by atoms with Crippen LogP contribution in [0, 0.1) is 0 Å². The average molecular weight is 254 g/mol. The van der Waals surface area contributed by atoms with E-state index in [2.05, 4.69) is 0 Å². The fourth-order valence-corrected chi connectivity index (χ4v) is 2.00. The first-order chi connectivity index (χ1) is 9.10. The molecule has 19 heavy (non-hydrogen) atoms. The number of nitrogens with two attached hydrogens (primary N) is 2. The summed E-state index contributed by atoms with van der Waals surface area (Å²) in [5.41, 5.74) is 12.0. The number of hydrogen-bond donors (Lipinski definition) is 2. The number of aldehydes is 2. The van der Waals surface area contributed by atoms with Crippen molar-refractivity contribution in [3.8, 4) is 11.1 Å². The fourth-order valence-electron chi connectivity index (χ4n) is 2.00. The van der Waals surface area contributed by atoms with Gasteiger partial charge in [-0.2, -0.15) is 0 Å². The fraction of sp³-hybridized carbons (Fsp3) is 0.0667. The minimum absolute atomic E-state index is 0.318. The van der Waals surface area contributed by atoms with Gasteiger partial charge in [-0.15, -0.1) is 0 Å². The SMILES string of the molecule is NC(N)(C=O)c1cccc(-c2ccccc2)c1C=O. The number of rotatable bonds is 4. The molecule has 0 spiro atoms. The lowest BCUT2D eigenvalue weighted by Gasteiger charge is -2.21. The molecule has 0 fully saturated rings. The van der Waals surface area contributed by atoms with Crippen LogP contribution >= 0.6 is 0 Å². The van der Waals surface area contributed by atoms with Crippen molar-refractivity contribution in [3.63, 3.8) is 0 Å². The van der Waals surface area contributed by atoms with E-state index in [-0.39, 0.29) is 0 Å². The molecule has 0 saturated heterocycles. The van der Waals surface area contributed by atoms with E-state index in [9.17, 15) is 9.59 Å². The van der Waals surface area contributed by atoms with E-state index in [1.165, 1.54) is 0 Å². The van der Waals surface area contributed by atoms with Crippen LogP contribution in [0.15, 0.2) is 48.5 Å². The van der Waals surface area contributed by atoms with Crippen LogP contribution < -0.4 is 11.5 Å². The van der Waals surface area contributed by atoms with Gasteiger partial charge in [-0.3, -0.25) is 9.59 Å². The van der Waals surface area contributed by atoms with Gasteiger partial charge in [0, 0.05) is 11.1 Å². The maximum atomic E-state index is 11.4. The summed E-state index contributed by atoms with van der Waals surface area (Å²) >= 11 is 0. The summed E-state index contributed by atoms with van der Waals surface area (Å²) in [6.07, 6.45) is 1.11. The molecule has 0 amide bonds. The summed E-state index contributed by atoms with van der Waals surface area (Å²) in [4.78, 5) is 22.3. The lowest BCUT2D eigenvalue weighted by atomic mass is 9.90. The number of carbonyl (C=O) groups excluding carboxylic acids is 2. The topological polar surface area (TPSA) is 86.2 Å². The van der Waals surface area contributed by atoms with E-state index in [0.717, 1.165) is 5.56 Å². The van der Waals surface area contributed by atoms with Gasteiger partial charge in [0.05, 0.1) is 0 Å². The Balaban J connectivity index is 2.68. The quantitative estimate of drug-likeness (QED) is 0.638. The molecular weight excluding hydrogens is 240 g/mol. The van der Waals surface area contributed by atoms with Crippen molar-refractivity contribution >= 4 is 12.6 Å². The zero-order valence-corrected chi connectivity index (χ0v) is 10.2. The first-order valence-electron chi connectivity index (χ1n) is 5.78. The largest absolute Gasteiger partial charge is 0.304 e. The predicted molar refractivity (Wildman–Crippen MR) is 73.4 cm³/mol. The lowest BCUT2D eigenvalue weighted by Crippen LogP contribution is -2.48. The van der Waals surface area contributed by atoms with Gasteiger partial charge in [0.1, 0.15) is 5.66 Å². The monoisotopic (exact) mass is 254 g/mol. The number of carbonyl (C=O) groups is 2. The van der Waals surface area contributed by atoms with Gasteiger partial charge in [-0.05, 0) is 11.1 Å². The highest BCUT2D eigenvalue weighted by molar-refractivity contribution is 5.91. The second-order valence-corrected chi connectivity index (χ2v) is 4.30. The molecule has 0 saturated carbocycles. The predicted octanol–water partition coefficient (Wildman–Crippen LogP) is 1.44. The third-order valence-electron chi connectivity index (χ3n) is 2.97. The van der Waals surface area contributed by atoms with Crippen molar-refractivity contribution in [2.75, 3.05) is 0 Å². The highest BCUT2D eigenvalue weighted by atomic mass is 16.1. The van der Waals surface area contributed by atoms with Gasteiger partial charge in [-0.25, -0.2) is 0 Å². The molecular formula is C15H14N2O2. The van der Waals surface area contributed by atoms with Crippen LogP contribution in [-0.4, -0.2) is 12.6 Å². The van der Waals surface area contributed by atoms with E-state index in [0.29, 0.717) is 29.3 Å². The summed E-state index contributed by atoms with van der Waals surface area (Å²) in [6.45, 7) is 0. The number of benzene rings is 2. The Bertz CT molecular complexity index is 607. The molecule has 4 heteroatoms. The molecule has 0 bridgehead atoms. The highest BCUT2D eigenvalue weighted by Crippen LogP contribution is 2.27. The molecule has 2 rings (SSSR count). The third kappa shape index (κ3) is 2.45. The van der Waals surface area contributed by atoms with Gasteiger partial charge in [0.15, 0.2) is 12.6 Å². The molecule has 0 aliphatic heterocycles. The van der Waals surface area contributed by atoms with Gasteiger partial charge in [0.25, 0.3) is 0 Å². The summed E-state index contributed by atoms with van der Waals surface area (Å²) in [5, 5.41) is 0.